The lowest BCUT2D eigenvalue weighted by molar-refractivity contribution is 0.0603. The molecule has 2 aromatic rings. The summed E-state index contributed by atoms with van der Waals surface area (Å²) in [4.78, 5) is 11.4. The van der Waals surface area contributed by atoms with Crippen molar-refractivity contribution in [3.63, 3.8) is 0 Å². The number of carbonyl (C=O) groups is 1. The smallest absolute Gasteiger partial charge is 0.338 e. The van der Waals surface area contributed by atoms with E-state index >= 15 is 0 Å². The molecule has 0 saturated heterocycles. The van der Waals surface area contributed by atoms with Crippen molar-refractivity contribution < 1.29 is 13.9 Å². The van der Waals surface area contributed by atoms with Crippen LogP contribution in [0.2, 0.25) is 5.02 Å². The van der Waals surface area contributed by atoms with Gasteiger partial charge in [0.2, 0.25) is 0 Å². The van der Waals surface area contributed by atoms with Gasteiger partial charge in [-0.3, -0.25) is 0 Å². The molecule has 0 spiro atoms. The number of hydrogen-bond donors (Lipinski definition) is 0. The summed E-state index contributed by atoms with van der Waals surface area (Å²) < 4.78 is 9.77. The van der Waals surface area contributed by atoms with Crippen LogP contribution in [0.1, 0.15) is 10.4 Å². The van der Waals surface area contributed by atoms with Crippen molar-refractivity contribution in [2.24, 2.45) is 0 Å². The van der Waals surface area contributed by atoms with E-state index in [9.17, 15) is 4.79 Å². The first-order valence-corrected chi connectivity index (χ1v) is 4.35. The largest absolute Gasteiger partial charge is 0.465 e. The third kappa shape index (κ3) is 1.36. The van der Waals surface area contributed by atoms with Crippen LogP contribution in [0, 0.1) is 0 Å². The standard InChI is InChI=1S/C10H7ClO3/c1-13-10(12)8-4-6(11)5-9-7(8)2-3-14-9/h2-5H,1H3. The van der Waals surface area contributed by atoms with Crippen molar-refractivity contribution in [2.45, 2.75) is 0 Å². The molecule has 0 amide bonds. The minimum atomic E-state index is -0.418. The van der Waals surface area contributed by atoms with Gasteiger partial charge in [-0.1, -0.05) is 11.6 Å². The lowest BCUT2D eigenvalue weighted by Gasteiger charge is -2.00. The summed E-state index contributed by atoms with van der Waals surface area (Å²) in [7, 11) is 1.33. The maximum atomic E-state index is 11.4. The maximum absolute atomic E-state index is 11.4. The number of fused-ring (bicyclic) bond motifs is 1. The van der Waals surface area contributed by atoms with Gasteiger partial charge in [0.15, 0.2) is 0 Å². The second-order valence-corrected chi connectivity index (χ2v) is 3.21. The Morgan fingerprint density at radius 3 is 3.00 bits per heavy atom. The normalized spacial score (nSPS) is 10.4. The topological polar surface area (TPSA) is 39.4 Å². The van der Waals surface area contributed by atoms with Gasteiger partial charge >= 0.3 is 5.97 Å². The van der Waals surface area contributed by atoms with E-state index in [1.54, 1.807) is 18.2 Å². The molecule has 0 bridgehead atoms. The highest BCUT2D eigenvalue weighted by atomic mass is 35.5. The van der Waals surface area contributed by atoms with Gasteiger partial charge in [-0.15, -0.1) is 0 Å². The number of methoxy groups -OCH3 is 1. The van der Waals surface area contributed by atoms with Crippen molar-refractivity contribution in [3.05, 3.63) is 35.0 Å². The van der Waals surface area contributed by atoms with Crippen LogP contribution < -0.4 is 0 Å². The molecular weight excluding hydrogens is 204 g/mol. The maximum Gasteiger partial charge on any atom is 0.338 e. The van der Waals surface area contributed by atoms with Crippen LogP contribution in [0.25, 0.3) is 11.0 Å². The number of benzene rings is 1. The highest BCUT2D eigenvalue weighted by Gasteiger charge is 2.13. The summed E-state index contributed by atoms with van der Waals surface area (Å²) in [5.41, 5.74) is 1.00. The van der Waals surface area contributed by atoms with Gasteiger partial charge in [0.25, 0.3) is 0 Å². The van der Waals surface area contributed by atoms with Gasteiger partial charge in [-0.2, -0.15) is 0 Å². The summed E-state index contributed by atoms with van der Waals surface area (Å²) in [5.74, 6) is -0.418. The molecule has 3 nitrogen and oxygen atoms in total. The average Bonchev–Trinajstić information content (AvgIpc) is 2.62. The number of halogens is 1. The van der Waals surface area contributed by atoms with Crippen LogP contribution in [0.15, 0.2) is 28.9 Å². The van der Waals surface area contributed by atoms with Crippen LogP contribution in [-0.4, -0.2) is 13.1 Å². The Morgan fingerprint density at radius 2 is 2.29 bits per heavy atom. The van der Waals surface area contributed by atoms with Crippen molar-refractivity contribution in [3.8, 4) is 0 Å². The third-order valence-electron chi connectivity index (χ3n) is 1.94. The Morgan fingerprint density at radius 1 is 1.50 bits per heavy atom. The van der Waals surface area contributed by atoms with Crippen molar-refractivity contribution in [1.82, 2.24) is 0 Å². The van der Waals surface area contributed by atoms with Gasteiger partial charge in [-0.25, -0.2) is 4.79 Å². The summed E-state index contributed by atoms with van der Waals surface area (Å²) in [5, 5.41) is 1.16. The number of ether oxygens (including phenoxy) is 1. The van der Waals surface area contributed by atoms with Crippen molar-refractivity contribution >= 4 is 28.5 Å². The second-order valence-electron chi connectivity index (χ2n) is 2.78. The SMILES string of the molecule is COC(=O)c1cc(Cl)cc2occc12. The quantitative estimate of drug-likeness (QED) is 0.680. The lowest BCUT2D eigenvalue weighted by Crippen LogP contribution is -2.01. The molecule has 1 aromatic carbocycles. The fraction of sp³-hybridized carbons (Fsp3) is 0.100. The minimum absolute atomic E-state index is 0.418. The number of furan rings is 1. The average molecular weight is 211 g/mol. The molecule has 0 N–H and O–H groups in total. The lowest BCUT2D eigenvalue weighted by atomic mass is 10.1. The Labute approximate surface area is 85.2 Å². The zero-order chi connectivity index (χ0) is 10.1. The summed E-state index contributed by atoms with van der Waals surface area (Å²) in [6, 6.07) is 4.92. The number of esters is 1. The van der Waals surface area contributed by atoms with E-state index in [1.165, 1.54) is 13.4 Å². The number of carbonyl (C=O) groups excluding carboxylic acids is 1. The Bertz CT molecular complexity index is 487. The Balaban J connectivity index is 2.72. The molecule has 0 aliphatic carbocycles. The molecule has 72 valence electrons. The predicted octanol–water partition coefficient (Wildman–Crippen LogP) is 2.87. The summed E-state index contributed by atoms with van der Waals surface area (Å²) in [6.45, 7) is 0. The van der Waals surface area contributed by atoms with E-state index in [0.717, 1.165) is 0 Å². The van der Waals surface area contributed by atoms with Crippen LogP contribution in [0.4, 0.5) is 0 Å². The van der Waals surface area contributed by atoms with Gasteiger partial charge < -0.3 is 9.15 Å². The fourth-order valence-corrected chi connectivity index (χ4v) is 1.52. The van der Waals surface area contributed by atoms with Gasteiger partial charge in [0.1, 0.15) is 5.58 Å². The van der Waals surface area contributed by atoms with Crippen LogP contribution >= 0.6 is 11.6 Å². The molecule has 4 heteroatoms. The van der Waals surface area contributed by atoms with Crippen molar-refractivity contribution in [2.75, 3.05) is 7.11 Å². The van der Waals surface area contributed by atoms with Crippen LogP contribution in [0.5, 0.6) is 0 Å². The van der Waals surface area contributed by atoms with E-state index in [-0.39, 0.29) is 0 Å². The molecule has 2 rings (SSSR count). The first-order chi connectivity index (χ1) is 6.72. The van der Waals surface area contributed by atoms with Gasteiger partial charge in [0, 0.05) is 16.5 Å². The first-order valence-electron chi connectivity index (χ1n) is 3.97. The van der Waals surface area contributed by atoms with E-state index in [4.69, 9.17) is 16.0 Å². The first kappa shape index (κ1) is 9.09. The van der Waals surface area contributed by atoms with E-state index in [0.29, 0.717) is 21.6 Å². The van der Waals surface area contributed by atoms with E-state index in [1.807, 2.05) is 0 Å². The third-order valence-corrected chi connectivity index (χ3v) is 2.16. The van der Waals surface area contributed by atoms with Gasteiger partial charge in [0.05, 0.1) is 18.9 Å². The molecule has 0 atom stereocenters. The molecule has 0 saturated carbocycles. The van der Waals surface area contributed by atoms with Crippen molar-refractivity contribution in [1.29, 1.82) is 0 Å². The summed E-state index contributed by atoms with van der Waals surface area (Å²) >= 11 is 5.81. The number of rotatable bonds is 1. The molecule has 14 heavy (non-hydrogen) atoms. The van der Waals surface area contributed by atoms with Gasteiger partial charge in [-0.05, 0) is 12.1 Å². The highest BCUT2D eigenvalue weighted by Crippen LogP contribution is 2.25. The van der Waals surface area contributed by atoms with Crippen LogP contribution in [-0.2, 0) is 4.74 Å². The zero-order valence-electron chi connectivity index (χ0n) is 7.41. The Kier molecular flexibility index (Phi) is 2.17. The molecule has 0 unspecified atom stereocenters. The summed E-state index contributed by atoms with van der Waals surface area (Å²) in [6.07, 6.45) is 1.51. The monoisotopic (exact) mass is 210 g/mol. The zero-order valence-corrected chi connectivity index (χ0v) is 8.17. The number of hydrogen-bond acceptors (Lipinski definition) is 3. The molecular formula is C10H7ClO3. The fourth-order valence-electron chi connectivity index (χ4n) is 1.32. The predicted molar refractivity (Wildman–Crippen MR) is 52.6 cm³/mol. The highest BCUT2D eigenvalue weighted by molar-refractivity contribution is 6.32. The molecule has 1 aromatic heterocycles. The molecule has 0 radical (unpaired) electrons. The molecule has 0 aliphatic rings. The molecule has 0 aliphatic heterocycles. The molecule has 0 fully saturated rings. The van der Waals surface area contributed by atoms with E-state index < -0.39 is 5.97 Å². The van der Waals surface area contributed by atoms with E-state index in [2.05, 4.69) is 4.74 Å². The molecule has 1 heterocycles. The second kappa shape index (κ2) is 3.35. The van der Waals surface area contributed by atoms with Crippen LogP contribution in [0.3, 0.4) is 0 Å². The Hall–Kier alpha value is -1.48. The minimum Gasteiger partial charge on any atom is -0.465 e.